The van der Waals surface area contributed by atoms with Crippen LogP contribution in [0.15, 0.2) is 12.7 Å². The topological polar surface area (TPSA) is 114 Å². The molecular weight excluding hydrogens is 408 g/mol. The predicted molar refractivity (Wildman–Crippen MR) is 110 cm³/mol. The summed E-state index contributed by atoms with van der Waals surface area (Å²) in [5.41, 5.74) is 0. The third kappa shape index (κ3) is 13.5. The first-order valence-electron chi connectivity index (χ1n) is 10.9. The average Bonchev–Trinajstić information content (AvgIpc) is 2.77. The minimum absolute atomic E-state index is 0.117. The number of esters is 4. The predicted octanol–water partition coefficient (Wildman–Crippen LogP) is 2.64. The van der Waals surface area contributed by atoms with Gasteiger partial charge in [-0.15, -0.1) is 0 Å². The molecule has 9 heteroatoms. The van der Waals surface area contributed by atoms with Gasteiger partial charge in [-0.1, -0.05) is 13.5 Å². The largest absolute Gasteiger partial charge is 0.466 e. The monoisotopic (exact) mass is 442 g/mol. The van der Waals surface area contributed by atoms with Gasteiger partial charge in [0, 0.05) is 38.2 Å². The molecule has 0 aromatic carbocycles. The fraction of sp³-hybridized carbons (Fsp3) is 0.727. The van der Waals surface area contributed by atoms with Crippen LogP contribution >= 0.6 is 0 Å². The van der Waals surface area contributed by atoms with Crippen molar-refractivity contribution in [3.05, 3.63) is 12.7 Å². The smallest absolute Gasteiger partial charge is 0.330 e. The second-order valence-electron chi connectivity index (χ2n) is 7.17. The quantitative estimate of drug-likeness (QED) is 0.163. The van der Waals surface area contributed by atoms with Crippen LogP contribution in [0.4, 0.5) is 0 Å². The van der Waals surface area contributed by atoms with Crippen molar-refractivity contribution in [2.75, 3.05) is 26.4 Å². The van der Waals surface area contributed by atoms with E-state index < -0.39 is 5.97 Å². The van der Waals surface area contributed by atoms with Crippen LogP contribution in [0.25, 0.3) is 0 Å². The molecule has 2 atom stereocenters. The summed E-state index contributed by atoms with van der Waals surface area (Å²) < 4.78 is 26.1. The van der Waals surface area contributed by atoms with Crippen molar-refractivity contribution < 1.29 is 42.9 Å². The van der Waals surface area contributed by atoms with Gasteiger partial charge in [-0.05, 0) is 25.7 Å². The van der Waals surface area contributed by atoms with Gasteiger partial charge in [-0.2, -0.15) is 0 Å². The summed E-state index contributed by atoms with van der Waals surface area (Å²) >= 11 is 0. The van der Waals surface area contributed by atoms with E-state index in [9.17, 15) is 19.2 Å². The van der Waals surface area contributed by atoms with Crippen LogP contribution in [0.5, 0.6) is 0 Å². The van der Waals surface area contributed by atoms with E-state index in [4.69, 9.17) is 23.7 Å². The Bertz CT molecular complexity index is 588. The molecule has 0 spiro atoms. The highest BCUT2D eigenvalue weighted by Gasteiger charge is 2.26. The number of hydrogen-bond acceptors (Lipinski definition) is 9. The summed E-state index contributed by atoms with van der Waals surface area (Å²) in [6.45, 7) is 6.13. The summed E-state index contributed by atoms with van der Waals surface area (Å²) in [6.07, 6.45) is 4.75. The highest BCUT2D eigenvalue weighted by molar-refractivity contribution is 5.81. The summed E-state index contributed by atoms with van der Waals surface area (Å²) in [5, 5.41) is 0. The molecule has 1 heterocycles. The van der Waals surface area contributed by atoms with Gasteiger partial charge in [0.2, 0.25) is 0 Å². The standard InChI is InChI=1S/C22H34O9/c1-3-19(23)28-12-7-5-9-21(25)30-16-18-15-17(11-14-27-18)31-22(26)10-6-8-13-29-20(24)4-2/h4,17-18H,2-3,5-16H2,1H3. The molecule has 0 radical (unpaired) electrons. The Kier molecular flexibility index (Phi) is 14.0. The number of rotatable bonds is 15. The summed E-state index contributed by atoms with van der Waals surface area (Å²) in [5.74, 6) is -1.36. The summed E-state index contributed by atoms with van der Waals surface area (Å²) in [7, 11) is 0. The maximum absolute atomic E-state index is 12.0. The van der Waals surface area contributed by atoms with Crippen molar-refractivity contribution in [3.63, 3.8) is 0 Å². The molecule has 1 rings (SSSR count). The zero-order valence-corrected chi connectivity index (χ0v) is 18.3. The SMILES string of the molecule is C=CC(=O)OCCCCC(=O)OC1CCOC(COC(=O)CCCCOC(=O)CC)C1. The van der Waals surface area contributed by atoms with E-state index in [0.717, 1.165) is 6.08 Å². The Hall–Kier alpha value is -2.42. The molecule has 0 N–H and O–H groups in total. The molecular formula is C22H34O9. The van der Waals surface area contributed by atoms with Crippen LogP contribution in [0.1, 0.15) is 64.7 Å². The Morgan fingerprint density at radius 3 is 2.29 bits per heavy atom. The van der Waals surface area contributed by atoms with E-state index >= 15 is 0 Å². The van der Waals surface area contributed by atoms with Gasteiger partial charge < -0.3 is 23.7 Å². The van der Waals surface area contributed by atoms with E-state index in [1.807, 2.05) is 0 Å². The molecule has 0 aliphatic carbocycles. The van der Waals surface area contributed by atoms with Crippen molar-refractivity contribution in [1.82, 2.24) is 0 Å². The van der Waals surface area contributed by atoms with Crippen LogP contribution in [0.3, 0.4) is 0 Å². The van der Waals surface area contributed by atoms with Gasteiger partial charge in [-0.25, -0.2) is 4.79 Å². The van der Waals surface area contributed by atoms with E-state index in [-0.39, 0.29) is 56.2 Å². The molecule has 0 aromatic rings. The van der Waals surface area contributed by atoms with E-state index in [1.165, 1.54) is 0 Å². The van der Waals surface area contributed by atoms with E-state index in [0.29, 0.717) is 58.2 Å². The second-order valence-corrected chi connectivity index (χ2v) is 7.17. The molecule has 1 aliphatic heterocycles. The first-order chi connectivity index (χ1) is 14.9. The van der Waals surface area contributed by atoms with Gasteiger partial charge in [0.15, 0.2) is 0 Å². The molecule has 1 fully saturated rings. The van der Waals surface area contributed by atoms with Crippen molar-refractivity contribution in [1.29, 1.82) is 0 Å². The van der Waals surface area contributed by atoms with Crippen LogP contribution in [-0.4, -0.2) is 62.5 Å². The number of unbranched alkanes of at least 4 members (excludes halogenated alkanes) is 2. The average molecular weight is 443 g/mol. The highest BCUT2D eigenvalue weighted by atomic mass is 16.6. The molecule has 1 aliphatic rings. The fourth-order valence-electron chi connectivity index (χ4n) is 2.83. The lowest BCUT2D eigenvalue weighted by Gasteiger charge is -2.29. The normalized spacial score (nSPS) is 18.0. The summed E-state index contributed by atoms with van der Waals surface area (Å²) in [4.78, 5) is 45.7. The van der Waals surface area contributed by atoms with Crippen molar-refractivity contribution in [3.8, 4) is 0 Å². The van der Waals surface area contributed by atoms with E-state index in [1.54, 1.807) is 6.92 Å². The zero-order valence-electron chi connectivity index (χ0n) is 18.3. The Morgan fingerprint density at radius 2 is 1.61 bits per heavy atom. The maximum Gasteiger partial charge on any atom is 0.330 e. The number of carbonyl (C=O) groups excluding carboxylic acids is 4. The second kappa shape index (κ2) is 16.3. The number of hydrogen-bond donors (Lipinski definition) is 0. The van der Waals surface area contributed by atoms with Crippen molar-refractivity contribution in [2.24, 2.45) is 0 Å². The third-order valence-electron chi connectivity index (χ3n) is 4.56. The Morgan fingerprint density at radius 1 is 0.935 bits per heavy atom. The van der Waals surface area contributed by atoms with Crippen LogP contribution in [0.2, 0.25) is 0 Å². The molecule has 1 saturated heterocycles. The molecule has 0 amide bonds. The van der Waals surface area contributed by atoms with E-state index in [2.05, 4.69) is 6.58 Å². The lowest BCUT2D eigenvalue weighted by Crippen LogP contribution is -2.35. The first kappa shape index (κ1) is 26.6. The van der Waals surface area contributed by atoms with Crippen LogP contribution < -0.4 is 0 Å². The summed E-state index contributed by atoms with van der Waals surface area (Å²) in [6, 6.07) is 0. The third-order valence-corrected chi connectivity index (χ3v) is 4.56. The zero-order chi connectivity index (χ0) is 22.9. The molecule has 176 valence electrons. The van der Waals surface area contributed by atoms with Crippen molar-refractivity contribution in [2.45, 2.75) is 76.9 Å². The Labute approximate surface area is 183 Å². The Balaban J connectivity index is 2.11. The van der Waals surface area contributed by atoms with Crippen molar-refractivity contribution >= 4 is 23.9 Å². The first-order valence-corrected chi connectivity index (χ1v) is 10.9. The minimum Gasteiger partial charge on any atom is -0.466 e. The van der Waals surface area contributed by atoms with Gasteiger partial charge in [-0.3, -0.25) is 14.4 Å². The molecule has 0 saturated carbocycles. The fourth-order valence-corrected chi connectivity index (χ4v) is 2.83. The molecule has 0 bridgehead atoms. The molecule has 2 unspecified atom stereocenters. The number of ether oxygens (including phenoxy) is 5. The van der Waals surface area contributed by atoms with Crippen LogP contribution in [0, 0.1) is 0 Å². The number of carbonyl (C=O) groups is 4. The maximum atomic E-state index is 12.0. The van der Waals surface area contributed by atoms with Crippen LogP contribution in [-0.2, 0) is 42.9 Å². The van der Waals surface area contributed by atoms with Gasteiger partial charge in [0.1, 0.15) is 12.7 Å². The van der Waals surface area contributed by atoms with Gasteiger partial charge in [0.05, 0.1) is 25.9 Å². The van der Waals surface area contributed by atoms with Gasteiger partial charge in [0.25, 0.3) is 0 Å². The lowest BCUT2D eigenvalue weighted by molar-refractivity contribution is -0.163. The molecule has 31 heavy (non-hydrogen) atoms. The molecule has 0 aromatic heterocycles. The van der Waals surface area contributed by atoms with Gasteiger partial charge >= 0.3 is 23.9 Å². The minimum atomic E-state index is -0.478. The molecule has 9 nitrogen and oxygen atoms in total. The highest BCUT2D eigenvalue weighted by Crippen LogP contribution is 2.18. The lowest BCUT2D eigenvalue weighted by atomic mass is 10.1.